The van der Waals surface area contributed by atoms with Crippen molar-refractivity contribution in [1.29, 1.82) is 0 Å². The van der Waals surface area contributed by atoms with Crippen molar-refractivity contribution in [3.05, 3.63) is 66.7 Å². The number of anilines is 2. The van der Waals surface area contributed by atoms with Gasteiger partial charge in [0.25, 0.3) is 0 Å². The van der Waals surface area contributed by atoms with Crippen molar-refractivity contribution < 1.29 is 14.0 Å². The summed E-state index contributed by atoms with van der Waals surface area (Å²) in [4.78, 5) is 33.2. The van der Waals surface area contributed by atoms with Crippen LogP contribution in [0.25, 0.3) is 20.7 Å². The molecule has 0 saturated carbocycles. The van der Waals surface area contributed by atoms with Crippen LogP contribution in [0.1, 0.15) is 6.92 Å². The zero-order valence-corrected chi connectivity index (χ0v) is 18.0. The Balaban J connectivity index is 1.46. The molecule has 0 bridgehead atoms. The number of thioether (sulfide) groups is 1. The number of carbonyl (C=O) groups excluding carboxylic acids is 2. The predicted molar refractivity (Wildman–Crippen MR) is 123 cm³/mol. The minimum Gasteiger partial charge on any atom is -0.326 e. The lowest BCUT2D eigenvalue weighted by Crippen LogP contribution is -2.14. The van der Waals surface area contributed by atoms with Crippen LogP contribution in [0.5, 0.6) is 0 Å². The van der Waals surface area contributed by atoms with E-state index < -0.39 is 0 Å². The van der Waals surface area contributed by atoms with E-state index in [0.717, 1.165) is 20.7 Å². The predicted octanol–water partition coefficient (Wildman–Crippen LogP) is 5.19. The third-order valence-electron chi connectivity index (χ3n) is 4.21. The molecule has 2 aromatic carbocycles. The summed E-state index contributed by atoms with van der Waals surface area (Å²) in [6.45, 7) is 1.43. The fourth-order valence-corrected chi connectivity index (χ4v) is 4.90. The Labute approximate surface area is 185 Å². The number of thiophene rings is 1. The first kappa shape index (κ1) is 21.0. The van der Waals surface area contributed by atoms with Crippen LogP contribution in [0, 0.1) is 5.82 Å². The van der Waals surface area contributed by atoms with Crippen molar-refractivity contribution in [2.75, 3.05) is 16.4 Å². The third kappa shape index (κ3) is 5.25. The molecule has 0 atom stereocenters. The zero-order chi connectivity index (χ0) is 21.8. The molecule has 9 heteroatoms. The van der Waals surface area contributed by atoms with Crippen molar-refractivity contribution in [1.82, 2.24) is 9.97 Å². The highest BCUT2D eigenvalue weighted by atomic mass is 32.2. The number of benzene rings is 2. The van der Waals surface area contributed by atoms with E-state index in [9.17, 15) is 14.0 Å². The summed E-state index contributed by atoms with van der Waals surface area (Å²) in [7, 11) is 0. The summed E-state index contributed by atoms with van der Waals surface area (Å²) < 4.78 is 14.1. The maximum absolute atomic E-state index is 13.2. The molecule has 4 rings (SSSR count). The monoisotopic (exact) mass is 452 g/mol. The Morgan fingerprint density at radius 1 is 1.03 bits per heavy atom. The molecule has 6 nitrogen and oxygen atoms in total. The second kappa shape index (κ2) is 9.23. The van der Waals surface area contributed by atoms with Crippen molar-refractivity contribution >= 4 is 56.5 Å². The lowest BCUT2D eigenvalue weighted by Gasteiger charge is -2.08. The van der Waals surface area contributed by atoms with Crippen molar-refractivity contribution in [2.24, 2.45) is 0 Å². The molecular formula is C22H17FN4O2S2. The zero-order valence-electron chi connectivity index (χ0n) is 16.4. The first-order valence-electron chi connectivity index (χ1n) is 9.29. The van der Waals surface area contributed by atoms with Crippen LogP contribution in [-0.2, 0) is 9.59 Å². The van der Waals surface area contributed by atoms with E-state index in [0.29, 0.717) is 16.4 Å². The molecule has 2 N–H and O–H groups in total. The molecule has 156 valence electrons. The Hall–Kier alpha value is -3.30. The van der Waals surface area contributed by atoms with Gasteiger partial charge in [0.15, 0.2) is 0 Å². The van der Waals surface area contributed by atoms with Gasteiger partial charge in [-0.2, -0.15) is 0 Å². The van der Waals surface area contributed by atoms with Gasteiger partial charge in [-0.3, -0.25) is 9.59 Å². The number of hydrogen-bond donors (Lipinski definition) is 2. The fourth-order valence-electron chi connectivity index (χ4n) is 2.90. The number of nitrogens with zero attached hydrogens (tertiary/aromatic N) is 2. The minimum atomic E-state index is -0.283. The van der Waals surface area contributed by atoms with Gasteiger partial charge in [0.1, 0.15) is 17.2 Å². The number of amides is 2. The number of fused-ring (bicyclic) bond motifs is 1. The Kier molecular flexibility index (Phi) is 6.24. The van der Waals surface area contributed by atoms with Gasteiger partial charge in [-0.1, -0.05) is 30.0 Å². The van der Waals surface area contributed by atoms with Crippen LogP contribution >= 0.6 is 23.1 Å². The molecule has 0 unspecified atom stereocenters. The molecule has 0 radical (unpaired) electrons. The number of aromatic nitrogens is 2. The molecule has 0 aliphatic rings. The fraction of sp³-hybridized carbons (Fsp3) is 0.0909. The highest BCUT2D eigenvalue weighted by Gasteiger charge is 2.13. The van der Waals surface area contributed by atoms with Crippen LogP contribution in [0.15, 0.2) is 66.0 Å². The van der Waals surface area contributed by atoms with Gasteiger partial charge in [0.2, 0.25) is 11.8 Å². The lowest BCUT2D eigenvalue weighted by atomic mass is 10.2. The van der Waals surface area contributed by atoms with Crippen molar-refractivity contribution in [3.63, 3.8) is 0 Å². The SMILES string of the molecule is CC(=O)Nc1cccc(NC(=O)CSc2ncnc3cc(-c4ccc(F)cc4)sc23)c1. The molecule has 0 fully saturated rings. The van der Waals surface area contributed by atoms with E-state index in [-0.39, 0.29) is 23.4 Å². The van der Waals surface area contributed by atoms with E-state index in [1.54, 1.807) is 36.4 Å². The summed E-state index contributed by atoms with van der Waals surface area (Å²) in [5, 5.41) is 6.22. The van der Waals surface area contributed by atoms with Gasteiger partial charge in [-0.05, 0) is 42.0 Å². The van der Waals surface area contributed by atoms with Gasteiger partial charge in [-0.25, -0.2) is 14.4 Å². The number of carbonyl (C=O) groups is 2. The molecule has 0 saturated heterocycles. The Bertz CT molecular complexity index is 1260. The highest BCUT2D eigenvalue weighted by molar-refractivity contribution is 8.00. The van der Waals surface area contributed by atoms with Crippen LogP contribution in [0.2, 0.25) is 0 Å². The highest BCUT2D eigenvalue weighted by Crippen LogP contribution is 2.37. The van der Waals surface area contributed by atoms with Crippen molar-refractivity contribution in [3.8, 4) is 10.4 Å². The Morgan fingerprint density at radius 3 is 2.52 bits per heavy atom. The van der Waals surface area contributed by atoms with E-state index in [4.69, 9.17) is 0 Å². The van der Waals surface area contributed by atoms with Gasteiger partial charge in [0.05, 0.1) is 16.0 Å². The van der Waals surface area contributed by atoms with Crippen LogP contribution < -0.4 is 10.6 Å². The molecule has 31 heavy (non-hydrogen) atoms. The summed E-state index contributed by atoms with van der Waals surface area (Å²) in [5.41, 5.74) is 2.89. The standard InChI is InChI=1S/C22H17FN4O2S2/c1-13(28)26-16-3-2-4-17(9-16)27-20(29)11-30-22-21-18(24-12-25-22)10-19(31-21)14-5-7-15(23)8-6-14/h2-10,12H,11H2,1H3,(H,26,28)(H,27,29). The molecule has 0 aliphatic heterocycles. The maximum Gasteiger partial charge on any atom is 0.234 e. The van der Waals surface area contributed by atoms with E-state index in [1.807, 2.05) is 6.07 Å². The summed E-state index contributed by atoms with van der Waals surface area (Å²) in [5.74, 6) is -0.482. The average molecular weight is 453 g/mol. The van der Waals surface area contributed by atoms with Gasteiger partial charge in [0, 0.05) is 23.2 Å². The topological polar surface area (TPSA) is 84.0 Å². The molecule has 2 amide bonds. The minimum absolute atomic E-state index is 0.167. The summed E-state index contributed by atoms with van der Waals surface area (Å²) >= 11 is 2.83. The van der Waals surface area contributed by atoms with E-state index in [2.05, 4.69) is 20.6 Å². The van der Waals surface area contributed by atoms with Gasteiger partial charge >= 0.3 is 0 Å². The smallest absolute Gasteiger partial charge is 0.234 e. The second-order valence-corrected chi connectivity index (χ2v) is 8.63. The number of nitrogens with one attached hydrogen (secondary N) is 2. The average Bonchev–Trinajstić information content (AvgIpc) is 3.17. The van der Waals surface area contributed by atoms with Crippen LogP contribution in [-0.4, -0.2) is 27.5 Å². The Morgan fingerprint density at radius 2 is 1.77 bits per heavy atom. The normalized spacial score (nSPS) is 10.8. The lowest BCUT2D eigenvalue weighted by molar-refractivity contribution is -0.114. The molecule has 0 aliphatic carbocycles. The summed E-state index contributed by atoms with van der Waals surface area (Å²) in [6.07, 6.45) is 1.47. The van der Waals surface area contributed by atoms with E-state index in [1.165, 1.54) is 48.5 Å². The first-order valence-corrected chi connectivity index (χ1v) is 11.1. The first-order chi connectivity index (χ1) is 15.0. The molecule has 4 aromatic rings. The molecule has 2 heterocycles. The quantitative estimate of drug-likeness (QED) is 0.311. The van der Waals surface area contributed by atoms with Crippen molar-refractivity contribution in [2.45, 2.75) is 11.9 Å². The maximum atomic E-state index is 13.2. The second-order valence-electron chi connectivity index (χ2n) is 6.61. The molecule has 2 aromatic heterocycles. The molecular weight excluding hydrogens is 435 g/mol. The number of hydrogen-bond acceptors (Lipinski definition) is 6. The summed E-state index contributed by atoms with van der Waals surface area (Å²) in [6, 6.07) is 15.2. The molecule has 0 spiro atoms. The number of halogens is 1. The number of rotatable bonds is 6. The van der Waals surface area contributed by atoms with Crippen LogP contribution in [0.3, 0.4) is 0 Å². The third-order valence-corrected chi connectivity index (χ3v) is 6.51. The largest absolute Gasteiger partial charge is 0.326 e. The van der Waals surface area contributed by atoms with E-state index >= 15 is 0 Å². The van der Waals surface area contributed by atoms with Gasteiger partial charge < -0.3 is 10.6 Å². The van der Waals surface area contributed by atoms with Gasteiger partial charge in [-0.15, -0.1) is 11.3 Å². The van der Waals surface area contributed by atoms with Crippen LogP contribution in [0.4, 0.5) is 15.8 Å².